The molecule has 2 heterocycles. The normalized spacial score (nSPS) is 19.2. The Kier molecular flexibility index (Phi) is 3.60. The molecule has 0 unspecified atom stereocenters. The first kappa shape index (κ1) is 12.3. The molecule has 3 N–H and O–H groups in total. The summed E-state index contributed by atoms with van der Waals surface area (Å²) in [5.74, 6) is 0.394. The zero-order valence-corrected chi connectivity index (χ0v) is 9.93. The van der Waals surface area contributed by atoms with Crippen LogP contribution < -0.4 is 10.6 Å². The molecule has 1 fully saturated rings. The lowest BCUT2D eigenvalue weighted by Gasteiger charge is -2.34. The molecule has 0 amide bonds. The van der Waals surface area contributed by atoms with E-state index in [-0.39, 0.29) is 6.54 Å². The molecule has 0 bridgehead atoms. The van der Waals surface area contributed by atoms with Crippen molar-refractivity contribution in [2.45, 2.75) is 25.0 Å². The van der Waals surface area contributed by atoms with E-state index in [0.29, 0.717) is 44.5 Å². The van der Waals surface area contributed by atoms with Gasteiger partial charge in [0.05, 0.1) is 18.7 Å². The summed E-state index contributed by atoms with van der Waals surface area (Å²) in [7, 11) is 1.81. The third-order valence-corrected chi connectivity index (χ3v) is 2.91. The van der Waals surface area contributed by atoms with Gasteiger partial charge in [0.25, 0.3) is 0 Å². The number of nitrogens with two attached hydrogens (primary N) is 1. The van der Waals surface area contributed by atoms with Crippen LogP contribution in [-0.4, -0.2) is 47.7 Å². The first-order valence-electron chi connectivity index (χ1n) is 5.67. The average molecular weight is 242 g/mol. The molecule has 1 aromatic rings. The van der Waals surface area contributed by atoms with E-state index in [1.807, 2.05) is 0 Å². The molecule has 1 aliphatic rings. The summed E-state index contributed by atoms with van der Waals surface area (Å²) in [5, 5.41) is 18.0. The van der Waals surface area contributed by atoms with Crippen molar-refractivity contribution in [3.63, 3.8) is 0 Å². The van der Waals surface area contributed by atoms with E-state index in [4.69, 9.17) is 14.9 Å². The number of likely N-dealkylation sites (N-methyl/N-ethyl adjacent to an activating group) is 1. The van der Waals surface area contributed by atoms with E-state index in [2.05, 4.69) is 10.2 Å². The highest BCUT2D eigenvalue weighted by Crippen LogP contribution is 2.23. The Labute approximate surface area is 99.6 Å². The van der Waals surface area contributed by atoms with Crippen LogP contribution in [0.4, 0.5) is 6.01 Å². The smallest absolute Gasteiger partial charge is 0.318 e. The molecular formula is C10H18N4O3. The van der Waals surface area contributed by atoms with Gasteiger partial charge < -0.3 is 24.9 Å². The summed E-state index contributed by atoms with van der Waals surface area (Å²) in [5.41, 5.74) is 4.65. The molecule has 1 aliphatic heterocycles. The van der Waals surface area contributed by atoms with E-state index in [1.165, 1.54) is 0 Å². The summed E-state index contributed by atoms with van der Waals surface area (Å²) < 4.78 is 10.5. The van der Waals surface area contributed by atoms with Crippen LogP contribution in [0.15, 0.2) is 4.42 Å². The maximum absolute atomic E-state index is 10.3. The lowest BCUT2D eigenvalue weighted by atomic mass is 9.94. The maximum atomic E-state index is 10.3. The molecule has 1 saturated heterocycles. The highest BCUT2D eigenvalue weighted by Gasteiger charge is 2.32. The van der Waals surface area contributed by atoms with Crippen molar-refractivity contribution >= 4 is 6.01 Å². The minimum absolute atomic E-state index is 0.221. The molecule has 0 atom stereocenters. The molecule has 0 radical (unpaired) electrons. The Balaban J connectivity index is 1.97. The third-order valence-electron chi connectivity index (χ3n) is 2.91. The number of hydrogen-bond donors (Lipinski definition) is 2. The summed E-state index contributed by atoms with van der Waals surface area (Å²) in [6.45, 7) is 1.84. The van der Waals surface area contributed by atoms with Crippen molar-refractivity contribution in [2.75, 3.05) is 31.7 Å². The Morgan fingerprint density at radius 2 is 2.12 bits per heavy atom. The van der Waals surface area contributed by atoms with Gasteiger partial charge in [0.2, 0.25) is 5.89 Å². The van der Waals surface area contributed by atoms with Crippen molar-refractivity contribution in [3.05, 3.63) is 5.89 Å². The number of ether oxygens (including phenoxy) is 1. The number of nitrogens with zero attached hydrogens (tertiary/aromatic N) is 3. The van der Waals surface area contributed by atoms with Gasteiger partial charge in [-0.25, -0.2) is 0 Å². The highest BCUT2D eigenvalue weighted by atomic mass is 16.5. The Hall–Kier alpha value is -1.18. The highest BCUT2D eigenvalue weighted by molar-refractivity contribution is 5.23. The van der Waals surface area contributed by atoms with Gasteiger partial charge in [0.15, 0.2) is 0 Å². The topological polar surface area (TPSA) is 97.6 Å². The summed E-state index contributed by atoms with van der Waals surface area (Å²) in [6.07, 6.45) is 1.24. The van der Waals surface area contributed by atoms with Gasteiger partial charge in [0, 0.05) is 33.1 Å². The fraction of sp³-hybridized carbons (Fsp3) is 0.800. The van der Waals surface area contributed by atoms with Crippen LogP contribution >= 0.6 is 0 Å². The van der Waals surface area contributed by atoms with Crippen molar-refractivity contribution < 1.29 is 14.3 Å². The van der Waals surface area contributed by atoms with E-state index >= 15 is 0 Å². The monoisotopic (exact) mass is 242 g/mol. The number of rotatable bonds is 4. The molecule has 2 rings (SSSR count). The molecule has 7 heteroatoms. The molecule has 7 nitrogen and oxygen atoms in total. The van der Waals surface area contributed by atoms with Gasteiger partial charge in [-0.2, -0.15) is 0 Å². The van der Waals surface area contributed by atoms with E-state index in [0.717, 1.165) is 0 Å². The van der Waals surface area contributed by atoms with Gasteiger partial charge in [-0.1, -0.05) is 5.10 Å². The standard InChI is InChI=1S/C10H18N4O3/c1-14(9-13-12-8(6-11)17-9)7-10(15)2-4-16-5-3-10/h15H,2-7,11H2,1H3. The molecule has 0 spiro atoms. The number of anilines is 1. The SMILES string of the molecule is CN(CC1(O)CCOCC1)c1nnc(CN)o1. The quantitative estimate of drug-likeness (QED) is 0.734. The Morgan fingerprint density at radius 3 is 2.71 bits per heavy atom. The van der Waals surface area contributed by atoms with Gasteiger partial charge in [-0.15, -0.1) is 5.10 Å². The fourth-order valence-electron chi connectivity index (χ4n) is 1.90. The zero-order chi connectivity index (χ0) is 12.3. The first-order chi connectivity index (χ1) is 8.13. The van der Waals surface area contributed by atoms with Gasteiger partial charge >= 0.3 is 6.01 Å². The van der Waals surface area contributed by atoms with Crippen molar-refractivity contribution in [3.8, 4) is 0 Å². The van der Waals surface area contributed by atoms with Crippen molar-refractivity contribution in [1.82, 2.24) is 10.2 Å². The van der Waals surface area contributed by atoms with Crippen LogP contribution in [0.1, 0.15) is 18.7 Å². The largest absolute Gasteiger partial charge is 0.407 e. The summed E-state index contributed by atoms with van der Waals surface area (Å²) in [6, 6.07) is 0.380. The number of hydrogen-bond acceptors (Lipinski definition) is 7. The zero-order valence-electron chi connectivity index (χ0n) is 9.93. The fourth-order valence-corrected chi connectivity index (χ4v) is 1.90. The van der Waals surface area contributed by atoms with Crippen LogP contribution in [0.25, 0.3) is 0 Å². The second-order valence-corrected chi connectivity index (χ2v) is 4.38. The van der Waals surface area contributed by atoms with E-state index in [9.17, 15) is 5.11 Å². The molecule has 0 saturated carbocycles. The lowest BCUT2D eigenvalue weighted by Crippen LogP contribution is -2.45. The molecule has 1 aromatic heterocycles. The van der Waals surface area contributed by atoms with Crippen LogP contribution in [0.3, 0.4) is 0 Å². The Morgan fingerprint density at radius 1 is 1.41 bits per heavy atom. The minimum atomic E-state index is -0.746. The second-order valence-electron chi connectivity index (χ2n) is 4.38. The summed E-state index contributed by atoms with van der Waals surface area (Å²) >= 11 is 0. The molecule has 17 heavy (non-hydrogen) atoms. The summed E-state index contributed by atoms with van der Waals surface area (Å²) in [4.78, 5) is 1.75. The van der Waals surface area contributed by atoms with Crippen LogP contribution in [0, 0.1) is 0 Å². The molecule has 96 valence electrons. The van der Waals surface area contributed by atoms with Crippen molar-refractivity contribution in [2.24, 2.45) is 5.73 Å². The van der Waals surface area contributed by atoms with Gasteiger partial charge in [-0.3, -0.25) is 0 Å². The van der Waals surface area contributed by atoms with Crippen molar-refractivity contribution in [1.29, 1.82) is 0 Å². The maximum Gasteiger partial charge on any atom is 0.318 e. The Bertz CT molecular complexity index is 362. The second kappa shape index (κ2) is 4.99. The van der Waals surface area contributed by atoms with Crippen LogP contribution in [0.2, 0.25) is 0 Å². The predicted octanol–water partition coefficient (Wildman–Crippen LogP) is -0.494. The average Bonchev–Trinajstić information content (AvgIpc) is 2.78. The van der Waals surface area contributed by atoms with Crippen LogP contribution in [0.5, 0.6) is 0 Å². The number of aromatic nitrogens is 2. The molecular weight excluding hydrogens is 224 g/mol. The van der Waals surface area contributed by atoms with Gasteiger partial charge in [-0.05, 0) is 0 Å². The molecule has 0 aromatic carbocycles. The van der Waals surface area contributed by atoms with E-state index < -0.39 is 5.60 Å². The van der Waals surface area contributed by atoms with Gasteiger partial charge in [0.1, 0.15) is 0 Å². The minimum Gasteiger partial charge on any atom is -0.407 e. The lowest BCUT2D eigenvalue weighted by molar-refractivity contribution is -0.0576. The first-order valence-corrected chi connectivity index (χ1v) is 5.67. The third kappa shape index (κ3) is 2.93. The van der Waals surface area contributed by atoms with E-state index in [1.54, 1.807) is 11.9 Å². The molecule has 0 aliphatic carbocycles. The predicted molar refractivity (Wildman–Crippen MR) is 60.5 cm³/mol. The number of aliphatic hydroxyl groups is 1. The van der Waals surface area contributed by atoms with Crippen LogP contribution in [-0.2, 0) is 11.3 Å².